The molecule has 0 aromatic heterocycles. The number of ether oxygens (including phenoxy) is 1. The molecule has 0 spiro atoms. The molecule has 3 aromatic carbocycles. The second-order valence-corrected chi connectivity index (χ2v) is 12.2. The Morgan fingerprint density at radius 1 is 0.932 bits per heavy atom. The van der Waals surface area contributed by atoms with Crippen LogP contribution < -0.4 is 19.9 Å². The van der Waals surface area contributed by atoms with Gasteiger partial charge in [-0.1, -0.05) is 36.2 Å². The topological polar surface area (TPSA) is 68.4 Å². The fraction of sp³-hybridized carbons (Fsp3) is 0.364. The number of amides is 2. The number of benzene rings is 3. The van der Waals surface area contributed by atoms with E-state index in [4.69, 9.17) is 40.2 Å². The zero-order chi connectivity index (χ0) is 31.1. The van der Waals surface area contributed by atoms with Crippen molar-refractivity contribution < 1.29 is 14.3 Å². The number of carbonyl (C=O) groups is 2. The fourth-order valence-corrected chi connectivity index (χ4v) is 6.25. The van der Waals surface area contributed by atoms with Crippen molar-refractivity contribution in [3.8, 4) is 5.75 Å². The number of piperazine rings is 1. The maximum absolute atomic E-state index is 13.7. The van der Waals surface area contributed by atoms with Crippen LogP contribution in [0.1, 0.15) is 26.2 Å². The molecule has 2 heterocycles. The first-order valence-corrected chi connectivity index (χ1v) is 16.1. The minimum atomic E-state index is -0.704. The summed E-state index contributed by atoms with van der Waals surface area (Å²) in [6.07, 6.45) is 1.70. The number of nitrogens with one attached hydrogen (secondary N) is 1. The maximum atomic E-state index is 13.7. The summed E-state index contributed by atoms with van der Waals surface area (Å²) in [4.78, 5) is 35.1. The van der Waals surface area contributed by atoms with Gasteiger partial charge in [0.25, 0.3) is 5.91 Å². The van der Waals surface area contributed by atoms with Crippen LogP contribution in [0.5, 0.6) is 5.75 Å². The number of carbonyl (C=O) groups excluding carboxylic acids is 2. The van der Waals surface area contributed by atoms with Crippen LogP contribution in [0.15, 0.2) is 72.8 Å². The molecule has 1 N–H and O–H groups in total. The summed E-state index contributed by atoms with van der Waals surface area (Å²) < 4.78 is 5.63. The third-order valence-corrected chi connectivity index (χ3v) is 8.72. The van der Waals surface area contributed by atoms with Crippen LogP contribution in [0.25, 0.3) is 0 Å². The van der Waals surface area contributed by atoms with Gasteiger partial charge in [-0.05, 0) is 98.3 Å². The quantitative estimate of drug-likeness (QED) is 0.229. The number of thiocarbonyl (C=S) groups is 1. The number of hydrogen-bond acceptors (Lipinski definition) is 6. The van der Waals surface area contributed by atoms with Crippen molar-refractivity contribution in [3.63, 3.8) is 0 Å². The zero-order valence-corrected chi connectivity index (χ0v) is 27.1. The average Bonchev–Trinajstić information content (AvgIpc) is 3.25. The van der Waals surface area contributed by atoms with Gasteiger partial charge in [-0.3, -0.25) is 19.4 Å². The largest absolute Gasteiger partial charge is 0.494 e. The van der Waals surface area contributed by atoms with Crippen LogP contribution in [-0.2, 0) is 9.59 Å². The number of hydrogen-bond donors (Lipinski definition) is 1. The molecular weight excluding hydrogens is 617 g/mol. The Bertz CT molecular complexity index is 1450. The standard InChI is InChI=1S/C33H37Cl2N5O3S/c1-2-21-43-29-13-9-26(10-14-29)36-31(41)23-30-32(42)40(27-11-7-24(34)8-12-27)33(44)39(30)16-4-15-37-17-19-38(20-18-37)28-6-3-5-25(35)22-28/h3,5-14,22,30H,2,4,15-21,23H2,1H3,(H,36,41)/t30-/m0/s1. The van der Waals surface area contributed by atoms with Gasteiger partial charge in [-0.2, -0.15) is 0 Å². The molecule has 0 saturated carbocycles. The summed E-state index contributed by atoms with van der Waals surface area (Å²) in [5.41, 5.74) is 2.42. The minimum absolute atomic E-state index is 0.0184. The molecular formula is C33H37Cl2N5O3S. The molecule has 0 unspecified atom stereocenters. The van der Waals surface area contributed by atoms with Crippen LogP contribution in [0.2, 0.25) is 10.0 Å². The Hall–Kier alpha value is -3.37. The van der Waals surface area contributed by atoms with Crippen molar-refractivity contribution >= 4 is 69.4 Å². The summed E-state index contributed by atoms with van der Waals surface area (Å²) in [6, 6.07) is 21.5. The number of rotatable bonds is 12. The van der Waals surface area contributed by atoms with E-state index >= 15 is 0 Å². The van der Waals surface area contributed by atoms with E-state index < -0.39 is 6.04 Å². The summed E-state index contributed by atoms with van der Waals surface area (Å²) in [5, 5.41) is 4.64. The predicted molar refractivity (Wildman–Crippen MR) is 182 cm³/mol. The van der Waals surface area contributed by atoms with Gasteiger partial charge in [0.05, 0.1) is 18.7 Å². The van der Waals surface area contributed by atoms with Crippen molar-refractivity contribution in [2.24, 2.45) is 0 Å². The van der Waals surface area contributed by atoms with Crippen LogP contribution in [0.4, 0.5) is 17.1 Å². The second kappa shape index (κ2) is 15.1. The van der Waals surface area contributed by atoms with Gasteiger partial charge in [-0.25, -0.2) is 0 Å². The Morgan fingerprint density at radius 2 is 1.66 bits per heavy atom. The monoisotopic (exact) mass is 653 g/mol. The van der Waals surface area contributed by atoms with Gasteiger partial charge >= 0.3 is 0 Å². The van der Waals surface area contributed by atoms with E-state index in [-0.39, 0.29) is 18.2 Å². The molecule has 1 atom stereocenters. The Balaban J connectivity index is 1.21. The molecule has 8 nitrogen and oxygen atoms in total. The molecule has 2 amide bonds. The first-order chi connectivity index (χ1) is 21.3. The minimum Gasteiger partial charge on any atom is -0.494 e. The van der Waals surface area contributed by atoms with Crippen LogP contribution in [0.3, 0.4) is 0 Å². The summed E-state index contributed by atoms with van der Waals surface area (Å²) in [7, 11) is 0. The third-order valence-electron chi connectivity index (χ3n) is 7.81. The lowest BCUT2D eigenvalue weighted by Gasteiger charge is -2.36. The van der Waals surface area contributed by atoms with Crippen molar-refractivity contribution in [3.05, 3.63) is 82.8 Å². The molecule has 5 rings (SSSR count). The summed E-state index contributed by atoms with van der Waals surface area (Å²) >= 11 is 18.1. The van der Waals surface area contributed by atoms with Gasteiger partial charge in [0, 0.05) is 54.1 Å². The normalized spacial score (nSPS) is 17.3. The molecule has 2 saturated heterocycles. The smallest absolute Gasteiger partial charge is 0.256 e. The molecule has 3 aromatic rings. The van der Waals surface area contributed by atoms with E-state index in [1.165, 1.54) is 4.90 Å². The summed E-state index contributed by atoms with van der Waals surface area (Å²) in [5.74, 6) is 0.274. The predicted octanol–water partition coefficient (Wildman–Crippen LogP) is 6.33. The van der Waals surface area contributed by atoms with E-state index in [9.17, 15) is 9.59 Å². The number of nitrogens with zero attached hydrogens (tertiary/aromatic N) is 4. The van der Waals surface area contributed by atoms with Crippen LogP contribution >= 0.6 is 35.4 Å². The lowest BCUT2D eigenvalue weighted by Crippen LogP contribution is -2.47. The highest BCUT2D eigenvalue weighted by Gasteiger charge is 2.44. The van der Waals surface area contributed by atoms with Gasteiger partial charge in [-0.15, -0.1) is 0 Å². The molecule has 0 aliphatic carbocycles. The first kappa shape index (κ1) is 32.0. The van der Waals surface area contributed by atoms with E-state index in [2.05, 4.69) is 21.2 Å². The lowest BCUT2D eigenvalue weighted by atomic mass is 10.1. The molecule has 232 valence electrons. The molecule has 0 radical (unpaired) electrons. The fourth-order valence-electron chi connectivity index (χ4n) is 5.52. The van der Waals surface area contributed by atoms with Crippen molar-refractivity contribution in [2.45, 2.75) is 32.2 Å². The zero-order valence-electron chi connectivity index (χ0n) is 24.8. The average molecular weight is 655 g/mol. The third kappa shape index (κ3) is 8.01. The Morgan fingerprint density at radius 3 is 2.34 bits per heavy atom. The van der Waals surface area contributed by atoms with E-state index in [0.29, 0.717) is 34.7 Å². The van der Waals surface area contributed by atoms with Crippen LogP contribution in [-0.4, -0.2) is 78.6 Å². The number of halogens is 2. The number of anilines is 3. The molecule has 11 heteroatoms. The van der Waals surface area contributed by atoms with Gasteiger partial charge < -0.3 is 19.9 Å². The van der Waals surface area contributed by atoms with E-state index in [0.717, 1.165) is 62.0 Å². The lowest BCUT2D eigenvalue weighted by molar-refractivity contribution is -0.124. The van der Waals surface area contributed by atoms with Crippen molar-refractivity contribution in [1.29, 1.82) is 0 Å². The van der Waals surface area contributed by atoms with Gasteiger partial charge in [0.2, 0.25) is 5.91 Å². The molecule has 44 heavy (non-hydrogen) atoms. The van der Waals surface area contributed by atoms with Crippen molar-refractivity contribution in [1.82, 2.24) is 9.80 Å². The van der Waals surface area contributed by atoms with Gasteiger partial charge in [0.15, 0.2) is 5.11 Å². The van der Waals surface area contributed by atoms with Crippen LogP contribution in [0, 0.1) is 0 Å². The van der Waals surface area contributed by atoms with Gasteiger partial charge in [0.1, 0.15) is 11.8 Å². The van der Waals surface area contributed by atoms with E-state index in [1.807, 2.05) is 42.2 Å². The SMILES string of the molecule is CCCOc1ccc(NC(=O)C[C@H]2C(=O)N(c3ccc(Cl)cc3)C(=S)N2CCCN2CCN(c3cccc(Cl)c3)CC2)cc1. The molecule has 2 aliphatic rings. The Kier molecular flexibility index (Phi) is 11.0. The molecule has 2 fully saturated rings. The highest BCUT2D eigenvalue weighted by atomic mass is 35.5. The molecule has 0 bridgehead atoms. The highest BCUT2D eigenvalue weighted by Crippen LogP contribution is 2.29. The first-order valence-electron chi connectivity index (χ1n) is 15.0. The second-order valence-electron chi connectivity index (χ2n) is 10.9. The molecule has 2 aliphatic heterocycles. The van der Waals surface area contributed by atoms with E-state index in [1.54, 1.807) is 36.4 Å². The highest BCUT2D eigenvalue weighted by molar-refractivity contribution is 7.80. The summed E-state index contributed by atoms with van der Waals surface area (Å²) in [6.45, 7) is 7.80. The maximum Gasteiger partial charge on any atom is 0.256 e. The Labute approximate surface area is 274 Å². The van der Waals surface area contributed by atoms with Crippen molar-refractivity contribution in [2.75, 3.05) is 61.0 Å².